The van der Waals surface area contributed by atoms with Crippen molar-refractivity contribution in [3.8, 4) is 16.9 Å². The third kappa shape index (κ3) is 5.18. The summed E-state index contributed by atoms with van der Waals surface area (Å²) >= 11 is 0. The summed E-state index contributed by atoms with van der Waals surface area (Å²) in [6, 6.07) is 24.6. The molecule has 5 nitrogen and oxygen atoms in total. The van der Waals surface area contributed by atoms with Crippen molar-refractivity contribution in [2.45, 2.75) is 51.4 Å². The van der Waals surface area contributed by atoms with Crippen LogP contribution in [0.2, 0.25) is 18.1 Å². The molecule has 0 saturated carbocycles. The molecule has 1 amide bonds. The fourth-order valence-corrected chi connectivity index (χ4v) is 5.01. The molecular formula is C28H34N2O3Si. The summed E-state index contributed by atoms with van der Waals surface area (Å²) in [6.07, 6.45) is -0.486. The van der Waals surface area contributed by atoms with Crippen LogP contribution in [-0.2, 0) is 11.3 Å². The zero-order valence-corrected chi connectivity index (χ0v) is 21.6. The summed E-state index contributed by atoms with van der Waals surface area (Å²) in [4.78, 5) is 12.3. The van der Waals surface area contributed by atoms with Crippen LogP contribution in [0.4, 0.5) is 4.79 Å². The van der Waals surface area contributed by atoms with Gasteiger partial charge in [0.1, 0.15) is 12.4 Å². The lowest BCUT2D eigenvalue weighted by Gasteiger charge is -2.36. The Bertz CT molecular complexity index is 1110. The molecule has 1 aliphatic rings. The van der Waals surface area contributed by atoms with Gasteiger partial charge in [-0.1, -0.05) is 81.4 Å². The molecule has 34 heavy (non-hydrogen) atoms. The zero-order chi connectivity index (χ0) is 24.3. The van der Waals surface area contributed by atoms with Crippen LogP contribution in [0.25, 0.3) is 11.1 Å². The first kappa shape index (κ1) is 24.0. The van der Waals surface area contributed by atoms with Crippen LogP contribution in [-0.4, -0.2) is 21.0 Å². The monoisotopic (exact) mass is 474 g/mol. The van der Waals surface area contributed by atoms with Gasteiger partial charge in [0.15, 0.2) is 0 Å². The molecule has 0 aromatic heterocycles. The Morgan fingerprint density at radius 2 is 1.44 bits per heavy atom. The summed E-state index contributed by atoms with van der Waals surface area (Å²) in [5, 5.41) is 0.153. The van der Waals surface area contributed by atoms with E-state index in [1.165, 1.54) is 22.3 Å². The fraction of sp³-hybridized carbons (Fsp3) is 0.321. The number of hydrazine groups is 1. The van der Waals surface area contributed by atoms with Crippen LogP contribution in [0.15, 0.2) is 72.8 Å². The maximum atomic E-state index is 12.3. The van der Waals surface area contributed by atoms with E-state index < -0.39 is 14.4 Å². The highest BCUT2D eigenvalue weighted by Crippen LogP contribution is 2.44. The highest BCUT2D eigenvalue weighted by atomic mass is 28.4. The Morgan fingerprint density at radius 1 is 0.882 bits per heavy atom. The number of nitrogens with one attached hydrogen (secondary N) is 2. The van der Waals surface area contributed by atoms with Crippen molar-refractivity contribution in [2.75, 3.05) is 6.61 Å². The van der Waals surface area contributed by atoms with Gasteiger partial charge in [-0.05, 0) is 58.1 Å². The van der Waals surface area contributed by atoms with Gasteiger partial charge in [0, 0.05) is 12.5 Å². The van der Waals surface area contributed by atoms with Gasteiger partial charge in [0.05, 0.1) is 0 Å². The number of carbonyl (C=O) groups excluding carboxylic acids is 1. The van der Waals surface area contributed by atoms with E-state index in [2.05, 4.69) is 69.0 Å². The molecule has 3 aromatic carbocycles. The Morgan fingerprint density at radius 3 is 2.00 bits per heavy atom. The first-order valence-electron chi connectivity index (χ1n) is 11.8. The average molecular weight is 475 g/mol. The molecule has 0 saturated heterocycles. The predicted octanol–water partition coefficient (Wildman–Crippen LogP) is 6.61. The van der Waals surface area contributed by atoms with Crippen molar-refractivity contribution in [3.05, 3.63) is 89.5 Å². The van der Waals surface area contributed by atoms with Crippen molar-refractivity contribution < 1.29 is 14.0 Å². The smallest absolute Gasteiger partial charge is 0.421 e. The molecule has 1 aliphatic carbocycles. The van der Waals surface area contributed by atoms with Gasteiger partial charge in [0.2, 0.25) is 8.32 Å². The lowest BCUT2D eigenvalue weighted by Crippen LogP contribution is -2.43. The highest BCUT2D eigenvalue weighted by molar-refractivity contribution is 6.74. The summed E-state index contributed by atoms with van der Waals surface area (Å²) in [6.45, 7) is 11.9. The summed E-state index contributed by atoms with van der Waals surface area (Å²) in [7, 11) is -1.86. The minimum Gasteiger partial charge on any atom is -0.544 e. The molecule has 0 heterocycles. The number of ether oxygens (including phenoxy) is 1. The van der Waals surface area contributed by atoms with E-state index in [-0.39, 0.29) is 11.0 Å². The zero-order valence-electron chi connectivity index (χ0n) is 20.6. The summed E-state index contributed by atoms with van der Waals surface area (Å²) in [5.41, 5.74) is 11.5. The van der Waals surface area contributed by atoms with Crippen LogP contribution in [0, 0.1) is 0 Å². The fourth-order valence-electron chi connectivity index (χ4n) is 3.98. The molecule has 0 fully saturated rings. The topological polar surface area (TPSA) is 59.6 Å². The Hall–Kier alpha value is -3.09. The second-order valence-electron chi connectivity index (χ2n) is 10.3. The van der Waals surface area contributed by atoms with E-state index in [9.17, 15) is 4.79 Å². The van der Waals surface area contributed by atoms with Gasteiger partial charge in [-0.15, -0.1) is 0 Å². The number of carbonyl (C=O) groups is 1. The van der Waals surface area contributed by atoms with Crippen LogP contribution in [0.1, 0.15) is 43.4 Å². The molecule has 178 valence electrons. The predicted molar refractivity (Wildman–Crippen MR) is 139 cm³/mol. The molecule has 0 aliphatic heterocycles. The average Bonchev–Trinajstić information content (AvgIpc) is 3.12. The molecule has 4 rings (SSSR count). The number of hydrogen-bond acceptors (Lipinski definition) is 4. The van der Waals surface area contributed by atoms with Gasteiger partial charge in [-0.25, -0.2) is 10.2 Å². The molecule has 3 aromatic rings. The highest BCUT2D eigenvalue weighted by Gasteiger charge is 2.38. The summed E-state index contributed by atoms with van der Waals surface area (Å²) < 4.78 is 11.9. The first-order valence-corrected chi connectivity index (χ1v) is 14.7. The molecule has 6 heteroatoms. The van der Waals surface area contributed by atoms with E-state index >= 15 is 0 Å². The van der Waals surface area contributed by atoms with Crippen LogP contribution >= 0.6 is 0 Å². The summed E-state index contributed by atoms with van der Waals surface area (Å²) in [5.74, 6) is 0.937. The molecule has 0 spiro atoms. The molecule has 0 radical (unpaired) electrons. The molecular weight excluding hydrogens is 440 g/mol. The van der Waals surface area contributed by atoms with Crippen LogP contribution < -0.4 is 15.3 Å². The van der Waals surface area contributed by atoms with Crippen molar-refractivity contribution in [1.29, 1.82) is 0 Å². The number of benzene rings is 3. The van der Waals surface area contributed by atoms with Crippen LogP contribution in [0.3, 0.4) is 0 Å². The maximum absolute atomic E-state index is 12.3. The van der Waals surface area contributed by atoms with Gasteiger partial charge in [-0.3, -0.25) is 5.43 Å². The van der Waals surface area contributed by atoms with E-state index in [0.29, 0.717) is 13.2 Å². The number of amides is 1. The number of hydrogen-bond donors (Lipinski definition) is 2. The van der Waals surface area contributed by atoms with Gasteiger partial charge < -0.3 is 9.16 Å². The second kappa shape index (κ2) is 9.64. The Balaban J connectivity index is 1.26. The first-order chi connectivity index (χ1) is 16.2. The lowest BCUT2D eigenvalue weighted by atomic mass is 9.98. The van der Waals surface area contributed by atoms with E-state index in [4.69, 9.17) is 9.16 Å². The minimum absolute atomic E-state index is 0.0478. The quantitative estimate of drug-likeness (QED) is 0.299. The standard InChI is InChI=1S/C28H34N2O3Si/c1-28(2,3)34(4,5)33-21-16-14-20(15-17-21)18-29-30-27(31)32-19-26-24-12-8-6-10-22(24)23-11-7-9-13-25(23)26/h6-17,26,29H,18-19H2,1-5H3,(H,30,31). The molecule has 0 atom stereocenters. The van der Waals surface area contributed by atoms with E-state index in [1.54, 1.807) is 0 Å². The largest absolute Gasteiger partial charge is 0.544 e. The van der Waals surface area contributed by atoms with Crippen molar-refractivity contribution in [1.82, 2.24) is 10.9 Å². The van der Waals surface area contributed by atoms with E-state index in [0.717, 1.165) is 11.3 Å². The molecule has 2 N–H and O–H groups in total. The minimum atomic E-state index is -1.86. The van der Waals surface area contributed by atoms with Gasteiger partial charge in [0.25, 0.3) is 0 Å². The van der Waals surface area contributed by atoms with Crippen molar-refractivity contribution in [3.63, 3.8) is 0 Å². The normalized spacial score (nSPS) is 13.2. The molecule has 0 unspecified atom stereocenters. The van der Waals surface area contributed by atoms with Crippen LogP contribution in [0.5, 0.6) is 5.75 Å². The molecule has 0 bridgehead atoms. The number of fused-ring (bicyclic) bond motifs is 3. The SMILES string of the molecule is CC(C)(C)[Si](C)(C)Oc1ccc(CNNC(=O)OCC2c3ccccc3-c3ccccc32)cc1. The maximum Gasteiger partial charge on any atom is 0.421 e. The third-order valence-electron chi connectivity index (χ3n) is 6.93. The Kier molecular flexibility index (Phi) is 6.82. The van der Waals surface area contributed by atoms with Gasteiger partial charge in [-0.2, -0.15) is 0 Å². The van der Waals surface area contributed by atoms with Crippen molar-refractivity contribution >= 4 is 14.4 Å². The lowest BCUT2D eigenvalue weighted by molar-refractivity contribution is 0.138. The van der Waals surface area contributed by atoms with E-state index in [1.807, 2.05) is 48.5 Å². The van der Waals surface area contributed by atoms with Crippen molar-refractivity contribution in [2.24, 2.45) is 0 Å². The number of rotatable bonds is 7. The Labute approximate surface area is 203 Å². The van der Waals surface area contributed by atoms with Gasteiger partial charge >= 0.3 is 6.09 Å². The second-order valence-corrected chi connectivity index (χ2v) is 15.0. The third-order valence-corrected chi connectivity index (χ3v) is 11.3.